The van der Waals surface area contributed by atoms with Crippen LogP contribution in [-0.4, -0.2) is 48.4 Å². The van der Waals surface area contributed by atoms with Gasteiger partial charge < -0.3 is 24.3 Å². The van der Waals surface area contributed by atoms with E-state index < -0.39 is 17.5 Å². The standard InChI is InChI=1S/C16H29NO5/c1-10-7-8-11(20-10)13(12-9-19-16(5,6)21-12)17-14(18)22-15(2,3)4/h10-13H,7-9H2,1-6H3,(H,17,18)/t10-,11+,12+,13-/m0/s1. The smallest absolute Gasteiger partial charge is 0.408 e. The zero-order valence-corrected chi connectivity index (χ0v) is 14.5. The molecule has 0 radical (unpaired) electrons. The van der Waals surface area contributed by atoms with Crippen molar-refractivity contribution in [3.8, 4) is 0 Å². The number of ether oxygens (including phenoxy) is 4. The van der Waals surface area contributed by atoms with Crippen LogP contribution in [0.1, 0.15) is 54.4 Å². The van der Waals surface area contributed by atoms with Crippen LogP contribution in [0.15, 0.2) is 0 Å². The second kappa shape index (κ2) is 6.34. The quantitative estimate of drug-likeness (QED) is 0.867. The van der Waals surface area contributed by atoms with E-state index in [1.807, 2.05) is 41.5 Å². The number of hydrogen-bond donors (Lipinski definition) is 1. The summed E-state index contributed by atoms with van der Waals surface area (Å²) in [5, 5.41) is 2.92. The van der Waals surface area contributed by atoms with E-state index in [1.54, 1.807) is 0 Å². The minimum absolute atomic E-state index is 0.0787. The van der Waals surface area contributed by atoms with Gasteiger partial charge in [-0.25, -0.2) is 4.79 Å². The van der Waals surface area contributed by atoms with E-state index in [0.717, 1.165) is 12.8 Å². The fraction of sp³-hybridized carbons (Fsp3) is 0.938. The Kier molecular flexibility index (Phi) is 5.04. The first-order valence-corrected chi connectivity index (χ1v) is 8.02. The number of hydrogen-bond acceptors (Lipinski definition) is 5. The van der Waals surface area contributed by atoms with Crippen LogP contribution < -0.4 is 5.32 Å². The molecule has 0 aromatic carbocycles. The number of rotatable bonds is 3. The van der Waals surface area contributed by atoms with Crippen LogP contribution in [0.4, 0.5) is 4.79 Å². The number of alkyl carbamates (subject to hydrolysis) is 1. The van der Waals surface area contributed by atoms with E-state index in [1.165, 1.54) is 0 Å². The molecule has 0 saturated carbocycles. The fourth-order valence-corrected chi connectivity index (χ4v) is 2.86. The number of carbonyl (C=O) groups is 1. The highest BCUT2D eigenvalue weighted by molar-refractivity contribution is 5.68. The molecule has 6 nitrogen and oxygen atoms in total. The van der Waals surface area contributed by atoms with Crippen molar-refractivity contribution >= 4 is 6.09 Å². The number of amides is 1. The largest absolute Gasteiger partial charge is 0.444 e. The normalized spacial score (nSPS) is 32.7. The Labute approximate surface area is 132 Å². The Bertz CT molecular complexity index is 404. The lowest BCUT2D eigenvalue weighted by atomic mass is 10.0. The molecule has 0 unspecified atom stereocenters. The first-order valence-electron chi connectivity index (χ1n) is 8.02. The summed E-state index contributed by atoms with van der Waals surface area (Å²) < 4.78 is 22.8. The molecule has 0 bridgehead atoms. The maximum Gasteiger partial charge on any atom is 0.408 e. The van der Waals surface area contributed by atoms with E-state index in [0.29, 0.717) is 6.61 Å². The summed E-state index contributed by atoms with van der Waals surface area (Å²) in [7, 11) is 0. The van der Waals surface area contributed by atoms with Gasteiger partial charge in [-0.2, -0.15) is 0 Å². The van der Waals surface area contributed by atoms with Gasteiger partial charge in [0, 0.05) is 0 Å². The molecule has 1 amide bonds. The minimum Gasteiger partial charge on any atom is -0.444 e. The average molecular weight is 315 g/mol. The van der Waals surface area contributed by atoms with Crippen molar-refractivity contribution in [2.24, 2.45) is 0 Å². The summed E-state index contributed by atoms with van der Waals surface area (Å²) in [4.78, 5) is 12.1. The summed E-state index contributed by atoms with van der Waals surface area (Å²) in [6, 6.07) is -0.276. The predicted octanol–water partition coefficient (Wildman–Crippen LogP) is 2.60. The monoisotopic (exact) mass is 315 g/mol. The summed E-state index contributed by atoms with van der Waals surface area (Å²) >= 11 is 0. The molecular formula is C16H29NO5. The van der Waals surface area contributed by atoms with Gasteiger partial charge in [0.1, 0.15) is 11.7 Å². The highest BCUT2D eigenvalue weighted by Gasteiger charge is 2.44. The van der Waals surface area contributed by atoms with Crippen molar-refractivity contribution in [1.29, 1.82) is 0 Å². The molecule has 2 heterocycles. The Morgan fingerprint density at radius 3 is 2.41 bits per heavy atom. The Balaban J connectivity index is 2.04. The van der Waals surface area contributed by atoms with Gasteiger partial charge >= 0.3 is 6.09 Å². The minimum atomic E-state index is -0.636. The van der Waals surface area contributed by atoms with Crippen molar-refractivity contribution in [1.82, 2.24) is 5.32 Å². The third-order valence-electron chi connectivity index (χ3n) is 3.78. The highest BCUT2D eigenvalue weighted by Crippen LogP contribution is 2.30. The molecule has 1 N–H and O–H groups in total. The van der Waals surface area contributed by atoms with Crippen LogP contribution in [0, 0.1) is 0 Å². The lowest BCUT2D eigenvalue weighted by Gasteiger charge is -2.30. The van der Waals surface area contributed by atoms with Crippen LogP contribution in [0.2, 0.25) is 0 Å². The van der Waals surface area contributed by atoms with Gasteiger partial charge in [-0.05, 0) is 54.4 Å². The van der Waals surface area contributed by atoms with Gasteiger partial charge in [0.15, 0.2) is 5.79 Å². The molecule has 2 saturated heterocycles. The van der Waals surface area contributed by atoms with Crippen LogP contribution in [-0.2, 0) is 18.9 Å². The SMILES string of the molecule is C[C@H]1CC[C@H]([C@H](NC(=O)OC(C)(C)C)[C@H]2COC(C)(C)O2)O1. The molecular weight excluding hydrogens is 286 g/mol. The lowest BCUT2D eigenvalue weighted by Crippen LogP contribution is -2.53. The summed E-state index contributed by atoms with van der Waals surface area (Å²) in [6.07, 6.45) is 1.30. The molecule has 2 aliphatic rings. The van der Waals surface area contributed by atoms with Crippen molar-refractivity contribution in [2.75, 3.05) is 6.61 Å². The van der Waals surface area contributed by atoms with Gasteiger partial charge in [0.05, 0.1) is 24.9 Å². The molecule has 0 spiro atoms. The molecule has 2 fully saturated rings. The van der Waals surface area contributed by atoms with E-state index in [-0.39, 0.29) is 24.4 Å². The topological polar surface area (TPSA) is 66.0 Å². The van der Waals surface area contributed by atoms with E-state index in [2.05, 4.69) is 5.32 Å². The molecule has 0 aliphatic carbocycles. The fourth-order valence-electron chi connectivity index (χ4n) is 2.86. The zero-order chi connectivity index (χ0) is 16.5. The van der Waals surface area contributed by atoms with Gasteiger partial charge in [-0.15, -0.1) is 0 Å². The van der Waals surface area contributed by atoms with Crippen molar-refractivity contribution in [2.45, 2.75) is 90.1 Å². The number of carbonyl (C=O) groups excluding carboxylic acids is 1. The van der Waals surface area contributed by atoms with Gasteiger partial charge in [-0.3, -0.25) is 0 Å². The Morgan fingerprint density at radius 2 is 1.95 bits per heavy atom. The Hall–Kier alpha value is -0.850. The van der Waals surface area contributed by atoms with Crippen LogP contribution >= 0.6 is 0 Å². The molecule has 0 aromatic rings. The second-order valence-electron chi connectivity index (χ2n) is 7.60. The van der Waals surface area contributed by atoms with Crippen molar-refractivity contribution in [3.05, 3.63) is 0 Å². The zero-order valence-electron chi connectivity index (χ0n) is 14.5. The summed E-state index contributed by atoms with van der Waals surface area (Å²) in [6.45, 7) is 11.7. The van der Waals surface area contributed by atoms with Crippen molar-refractivity contribution in [3.63, 3.8) is 0 Å². The van der Waals surface area contributed by atoms with E-state index >= 15 is 0 Å². The van der Waals surface area contributed by atoms with Crippen molar-refractivity contribution < 1.29 is 23.7 Å². The second-order valence-corrected chi connectivity index (χ2v) is 7.60. The van der Waals surface area contributed by atoms with Crippen LogP contribution in [0.25, 0.3) is 0 Å². The summed E-state index contributed by atoms with van der Waals surface area (Å²) in [5.74, 6) is -0.636. The molecule has 2 rings (SSSR count). The molecule has 22 heavy (non-hydrogen) atoms. The Morgan fingerprint density at radius 1 is 1.27 bits per heavy atom. The number of nitrogens with one attached hydrogen (secondary N) is 1. The van der Waals surface area contributed by atoms with Gasteiger partial charge in [0.25, 0.3) is 0 Å². The molecule has 6 heteroatoms. The molecule has 0 aromatic heterocycles. The first-order chi connectivity index (χ1) is 10.1. The molecule has 4 atom stereocenters. The predicted molar refractivity (Wildman–Crippen MR) is 81.6 cm³/mol. The van der Waals surface area contributed by atoms with Gasteiger partial charge in [0.2, 0.25) is 0 Å². The molecule has 128 valence electrons. The van der Waals surface area contributed by atoms with E-state index in [9.17, 15) is 4.79 Å². The maximum absolute atomic E-state index is 12.1. The summed E-state index contributed by atoms with van der Waals surface area (Å²) in [5.41, 5.74) is -0.537. The van der Waals surface area contributed by atoms with Crippen LogP contribution in [0.3, 0.4) is 0 Å². The third-order valence-corrected chi connectivity index (χ3v) is 3.78. The third kappa shape index (κ3) is 4.83. The molecule has 2 aliphatic heterocycles. The average Bonchev–Trinajstić information content (AvgIpc) is 2.90. The van der Waals surface area contributed by atoms with E-state index in [4.69, 9.17) is 18.9 Å². The maximum atomic E-state index is 12.1. The van der Waals surface area contributed by atoms with Crippen LogP contribution in [0.5, 0.6) is 0 Å². The van der Waals surface area contributed by atoms with Gasteiger partial charge in [-0.1, -0.05) is 0 Å². The lowest BCUT2D eigenvalue weighted by molar-refractivity contribution is -0.146. The first kappa shape index (κ1) is 17.5. The highest BCUT2D eigenvalue weighted by atomic mass is 16.7.